The molecule has 1 aromatic carbocycles. The Labute approximate surface area is 106 Å². The molecule has 2 aromatic rings. The summed E-state index contributed by atoms with van der Waals surface area (Å²) in [6.45, 7) is 3.70. The first-order chi connectivity index (χ1) is 8.63. The van der Waals surface area contributed by atoms with Crippen LogP contribution in [0, 0.1) is 25.2 Å². The zero-order valence-electron chi connectivity index (χ0n) is 10.4. The minimum absolute atomic E-state index is 0.0222. The summed E-state index contributed by atoms with van der Waals surface area (Å²) in [6.07, 6.45) is 0. The minimum atomic E-state index is -0.396. The Balaban J connectivity index is 2.61. The molecule has 0 spiro atoms. The molecule has 0 fully saturated rings. The van der Waals surface area contributed by atoms with Crippen LogP contribution in [0.15, 0.2) is 47.3 Å². The number of hydrogen-bond acceptors (Lipinski definition) is 2. The zero-order valence-corrected chi connectivity index (χ0v) is 10.4. The van der Waals surface area contributed by atoms with Gasteiger partial charge < -0.3 is 4.57 Å². The fourth-order valence-electron chi connectivity index (χ4n) is 2.19. The normalized spacial score (nSPS) is 11.8. The van der Waals surface area contributed by atoms with E-state index < -0.39 is 6.04 Å². The van der Waals surface area contributed by atoms with Crippen LogP contribution in [0.1, 0.15) is 23.0 Å². The number of aryl methyl sites for hydroxylation is 2. The fourth-order valence-corrected chi connectivity index (χ4v) is 2.19. The van der Waals surface area contributed by atoms with Crippen LogP contribution in [0.5, 0.6) is 0 Å². The molecule has 2 rings (SSSR count). The molecule has 1 aromatic heterocycles. The standard InChI is InChI=1S/C15H14N2O/c1-11-8-14(18)9-12(2)17(11)15(10-16)13-6-4-3-5-7-13/h3-9,15H,1-2H3. The highest BCUT2D eigenvalue weighted by atomic mass is 16.1. The topological polar surface area (TPSA) is 45.8 Å². The van der Waals surface area contributed by atoms with Crippen molar-refractivity contribution in [3.8, 4) is 6.07 Å². The van der Waals surface area contributed by atoms with Crippen LogP contribution in [0.2, 0.25) is 0 Å². The van der Waals surface area contributed by atoms with Gasteiger partial charge in [0.05, 0.1) is 6.07 Å². The maximum absolute atomic E-state index is 11.4. The third-order valence-corrected chi connectivity index (χ3v) is 2.96. The van der Waals surface area contributed by atoms with E-state index in [1.165, 1.54) is 0 Å². The third kappa shape index (κ3) is 2.18. The summed E-state index contributed by atoms with van der Waals surface area (Å²) in [7, 11) is 0. The second-order valence-corrected chi connectivity index (χ2v) is 4.29. The molecule has 18 heavy (non-hydrogen) atoms. The summed E-state index contributed by atoms with van der Waals surface area (Å²) < 4.78 is 1.89. The number of rotatable bonds is 2. The molecule has 1 heterocycles. The molecular formula is C15H14N2O. The van der Waals surface area contributed by atoms with Gasteiger partial charge in [-0.05, 0) is 19.4 Å². The van der Waals surface area contributed by atoms with Gasteiger partial charge in [0, 0.05) is 23.5 Å². The molecule has 0 aliphatic carbocycles. The van der Waals surface area contributed by atoms with Crippen molar-refractivity contribution in [3.05, 3.63) is 69.6 Å². The Morgan fingerprint density at radius 3 is 2.17 bits per heavy atom. The molecule has 1 unspecified atom stereocenters. The summed E-state index contributed by atoms with van der Waals surface area (Å²) in [5, 5.41) is 9.40. The molecule has 0 saturated heterocycles. The van der Waals surface area contributed by atoms with Crippen LogP contribution in [0.3, 0.4) is 0 Å². The van der Waals surface area contributed by atoms with Crippen molar-refractivity contribution < 1.29 is 0 Å². The van der Waals surface area contributed by atoms with E-state index >= 15 is 0 Å². The summed E-state index contributed by atoms with van der Waals surface area (Å²) in [6, 6.07) is 14.6. The van der Waals surface area contributed by atoms with Crippen molar-refractivity contribution in [2.24, 2.45) is 0 Å². The Bertz CT molecular complexity index is 624. The second-order valence-electron chi connectivity index (χ2n) is 4.29. The van der Waals surface area contributed by atoms with Crippen molar-refractivity contribution >= 4 is 0 Å². The summed E-state index contributed by atoms with van der Waals surface area (Å²) in [5.74, 6) is 0. The number of hydrogen-bond donors (Lipinski definition) is 0. The van der Waals surface area contributed by atoms with Gasteiger partial charge in [0.15, 0.2) is 5.43 Å². The van der Waals surface area contributed by atoms with Crippen molar-refractivity contribution in [2.75, 3.05) is 0 Å². The van der Waals surface area contributed by atoms with E-state index in [1.807, 2.05) is 48.7 Å². The highest BCUT2D eigenvalue weighted by molar-refractivity contribution is 5.28. The lowest BCUT2D eigenvalue weighted by Gasteiger charge is -2.19. The van der Waals surface area contributed by atoms with E-state index in [1.54, 1.807) is 12.1 Å². The lowest BCUT2D eigenvalue weighted by atomic mass is 10.1. The van der Waals surface area contributed by atoms with Crippen LogP contribution in [0.4, 0.5) is 0 Å². The highest BCUT2D eigenvalue weighted by Crippen LogP contribution is 2.20. The van der Waals surface area contributed by atoms with Crippen molar-refractivity contribution in [1.29, 1.82) is 5.26 Å². The minimum Gasteiger partial charge on any atom is -0.329 e. The predicted molar refractivity (Wildman–Crippen MR) is 70.4 cm³/mol. The van der Waals surface area contributed by atoms with E-state index in [2.05, 4.69) is 6.07 Å². The van der Waals surface area contributed by atoms with Gasteiger partial charge in [-0.2, -0.15) is 5.26 Å². The first-order valence-electron chi connectivity index (χ1n) is 5.78. The molecule has 3 nitrogen and oxygen atoms in total. The first kappa shape index (κ1) is 12.1. The number of aromatic nitrogens is 1. The van der Waals surface area contributed by atoms with Gasteiger partial charge in [-0.25, -0.2) is 0 Å². The van der Waals surface area contributed by atoms with Gasteiger partial charge in [-0.15, -0.1) is 0 Å². The SMILES string of the molecule is Cc1cc(=O)cc(C)n1C(C#N)c1ccccc1. The Morgan fingerprint density at radius 1 is 1.11 bits per heavy atom. The van der Waals surface area contributed by atoms with E-state index in [4.69, 9.17) is 0 Å². The zero-order chi connectivity index (χ0) is 13.1. The quantitative estimate of drug-likeness (QED) is 0.807. The number of nitrogens with zero attached hydrogens (tertiary/aromatic N) is 2. The predicted octanol–water partition coefficient (Wildman–Crippen LogP) is 2.58. The Morgan fingerprint density at radius 2 is 1.67 bits per heavy atom. The second kappa shape index (κ2) is 4.89. The van der Waals surface area contributed by atoms with Crippen molar-refractivity contribution in [2.45, 2.75) is 19.9 Å². The average molecular weight is 238 g/mol. The molecule has 0 radical (unpaired) electrons. The van der Waals surface area contributed by atoms with Crippen molar-refractivity contribution in [3.63, 3.8) is 0 Å². The maximum atomic E-state index is 11.4. The van der Waals surface area contributed by atoms with E-state index in [-0.39, 0.29) is 5.43 Å². The average Bonchev–Trinajstić information content (AvgIpc) is 2.34. The molecule has 0 amide bonds. The summed E-state index contributed by atoms with van der Waals surface area (Å²) in [4.78, 5) is 11.4. The van der Waals surface area contributed by atoms with Gasteiger partial charge in [0.1, 0.15) is 6.04 Å². The smallest absolute Gasteiger partial charge is 0.182 e. The number of pyridine rings is 1. The summed E-state index contributed by atoms with van der Waals surface area (Å²) >= 11 is 0. The molecule has 0 N–H and O–H groups in total. The monoisotopic (exact) mass is 238 g/mol. The molecule has 0 bridgehead atoms. The van der Waals surface area contributed by atoms with E-state index in [9.17, 15) is 10.1 Å². The summed E-state index contributed by atoms with van der Waals surface area (Å²) in [5.41, 5.74) is 2.51. The molecule has 3 heteroatoms. The van der Waals surface area contributed by atoms with Crippen LogP contribution in [-0.2, 0) is 0 Å². The van der Waals surface area contributed by atoms with Gasteiger partial charge in [-0.3, -0.25) is 4.79 Å². The number of nitriles is 1. The molecular weight excluding hydrogens is 224 g/mol. The van der Waals surface area contributed by atoms with Crippen LogP contribution in [-0.4, -0.2) is 4.57 Å². The Kier molecular flexibility index (Phi) is 3.29. The Hall–Kier alpha value is -2.34. The van der Waals surface area contributed by atoms with E-state index in [0.717, 1.165) is 17.0 Å². The van der Waals surface area contributed by atoms with Crippen molar-refractivity contribution in [1.82, 2.24) is 4.57 Å². The third-order valence-electron chi connectivity index (χ3n) is 2.96. The molecule has 0 aliphatic heterocycles. The van der Waals surface area contributed by atoms with E-state index in [0.29, 0.717) is 0 Å². The van der Waals surface area contributed by atoms with Crippen LogP contribution >= 0.6 is 0 Å². The fraction of sp³-hybridized carbons (Fsp3) is 0.200. The molecule has 1 atom stereocenters. The van der Waals surface area contributed by atoms with Gasteiger partial charge in [0.2, 0.25) is 0 Å². The van der Waals surface area contributed by atoms with Gasteiger partial charge in [0.25, 0.3) is 0 Å². The molecule has 90 valence electrons. The largest absolute Gasteiger partial charge is 0.329 e. The number of benzene rings is 1. The molecule has 0 saturated carbocycles. The maximum Gasteiger partial charge on any atom is 0.182 e. The highest BCUT2D eigenvalue weighted by Gasteiger charge is 2.15. The van der Waals surface area contributed by atoms with Crippen LogP contribution < -0.4 is 5.43 Å². The van der Waals surface area contributed by atoms with Crippen LogP contribution in [0.25, 0.3) is 0 Å². The first-order valence-corrected chi connectivity index (χ1v) is 5.78. The lowest BCUT2D eigenvalue weighted by Crippen LogP contribution is -2.18. The lowest BCUT2D eigenvalue weighted by molar-refractivity contribution is 0.658. The van der Waals surface area contributed by atoms with Gasteiger partial charge in [-0.1, -0.05) is 30.3 Å². The van der Waals surface area contributed by atoms with Gasteiger partial charge >= 0.3 is 0 Å². The molecule has 0 aliphatic rings.